The number of halogens is 1. The highest BCUT2D eigenvalue weighted by Crippen LogP contribution is 2.30. The molecular weight excluding hydrogens is 370 g/mol. The molecule has 0 bridgehead atoms. The third-order valence-corrected chi connectivity index (χ3v) is 5.03. The molecule has 0 saturated carbocycles. The van der Waals surface area contributed by atoms with Crippen LogP contribution in [-0.2, 0) is 4.79 Å². The number of benzene rings is 1. The SMILES string of the molecule is Cc1noc2nc(-c3cccc(Cl)c3)cc(C(=O)N3CC[C@H](C(=O)O)C3)c12. The molecule has 0 aliphatic carbocycles. The summed E-state index contributed by atoms with van der Waals surface area (Å²) in [4.78, 5) is 30.4. The van der Waals surface area contributed by atoms with Crippen molar-refractivity contribution in [2.75, 3.05) is 13.1 Å². The number of carboxylic acids is 1. The predicted molar refractivity (Wildman–Crippen MR) is 98.6 cm³/mol. The highest BCUT2D eigenvalue weighted by Gasteiger charge is 2.33. The fraction of sp³-hybridized carbons (Fsp3) is 0.263. The van der Waals surface area contributed by atoms with Gasteiger partial charge in [-0.15, -0.1) is 0 Å². The number of likely N-dealkylation sites (tertiary alicyclic amines) is 1. The first-order chi connectivity index (χ1) is 12.9. The number of hydrogen-bond donors (Lipinski definition) is 1. The summed E-state index contributed by atoms with van der Waals surface area (Å²) in [5.41, 5.74) is 2.52. The zero-order valence-electron chi connectivity index (χ0n) is 14.5. The first-order valence-electron chi connectivity index (χ1n) is 8.49. The first-order valence-corrected chi connectivity index (χ1v) is 8.87. The van der Waals surface area contributed by atoms with Crippen molar-refractivity contribution in [3.63, 3.8) is 0 Å². The van der Waals surface area contributed by atoms with Crippen LogP contribution in [0.2, 0.25) is 5.02 Å². The third kappa shape index (κ3) is 3.14. The predicted octanol–water partition coefficient (Wildman–Crippen LogP) is 3.40. The molecule has 1 fully saturated rings. The normalized spacial score (nSPS) is 16.8. The lowest BCUT2D eigenvalue weighted by Crippen LogP contribution is -2.30. The van der Waals surface area contributed by atoms with Gasteiger partial charge in [0.05, 0.1) is 28.3 Å². The highest BCUT2D eigenvalue weighted by atomic mass is 35.5. The summed E-state index contributed by atoms with van der Waals surface area (Å²) in [6, 6.07) is 8.84. The maximum absolute atomic E-state index is 13.1. The molecule has 8 heteroatoms. The van der Waals surface area contributed by atoms with E-state index in [4.69, 9.17) is 16.1 Å². The van der Waals surface area contributed by atoms with E-state index in [1.54, 1.807) is 36.1 Å². The third-order valence-electron chi connectivity index (χ3n) is 4.79. The Morgan fingerprint density at radius 2 is 2.15 bits per heavy atom. The number of nitrogens with zero attached hydrogens (tertiary/aromatic N) is 3. The van der Waals surface area contributed by atoms with Crippen LogP contribution < -0.4 is 0 Å². The van der Waals surface area contributed by atoms with Crippen LogP contribution in [0.25, 0.3) is 22.4 Å². The van der Waals surface area contributed by atoms with Gasteiger partial charge < -0.3 is 14.5 Å². The molecule has 2 aromatic heterocycles. The van der Waals surface area contributed by atoms with Crippen LogP contribution in [0.1, 0.15) is 22.5 Å². The number of carbonyl (C=O) groups excluding carboxylic acids is 1. The van der Waals surface area contributed by atoms with Gasteiger partial charge in [-0.3, -0.25) is 9.59 Å². The monoisotopic (exact) mass is 385 g/mol. The lowest BCUT2D eigenvalue weighted by molar-refractivity contribution is -0.141. The molecule has 0 unspecified atom stereocenters. The molecule has 0 radical (unpaired) electrons. The Hall–Kier alpha value is -2.93. The summed E-state index contributed by atoms with van der Waals surface area (Å²) in [7, 11) is 0. The Kier molecular flexibility index (Phi) is 4.31. The molecular formula is C19H16ClN3O4. The number of aryl methyl sites for hydroxylation is 1. The van der Waals surface area contributed by atoms with Gasteiger partial charge in [-0.2, -0.15) is 0 Å². The molecule has 3 aromatic rings. The van der Waals surface area contributed by atoms with Crippen molar-refractivity contribution in [2.24, 2.45) is 5.92 Å². The maximum Gasteiger partial charge on any atom is 0.308 e. The average molecular weight is 386 g/mol. The van der Waals surface area contributed by atoms with Gasteiger partial charge in [-0.25, -0.2) is 4.98 Å². The second-order valence-corrected chi connectivity index (χ2v) is 7.02. The van der Waals surface area contributed by atoms with E-state index in [0.29, 0.717) is 40.3 Å². The van der Waals surface area contributed by atoms with Gasteiger partial charge in [0.15, 0.2) is 0 Å². The van der Waals surface area contributed by atoms with E-state index < -0.39 is 11.9 Å². The minimum atomic E-state index is -0.883. The van der Waals surface area contributed by atoms with Crippen LogP contribution in [-0.4, -0.2) is 45.1 Å². The van der Waals surface area contributed by atoms with E-state index >= 15 is 0 Å². The summed E-state index contributed by atoms with van der Waals surface area (Å²) in [5.74, 6) is -1.67. The van der Waals surface area contributed by atoms with Gasteiger partial charge in [0.2, 0.25) is 0 Å². The van der Waals surface area contributed by atoms with E-state index in [1.807, 2.05) is 6.07 Å². The van der Waals surface area contributed by atoms with Crippen LogP contribution in [0.3, 0.4) is 0 Å². The lowest BCUT2D eigenvalue weighted by atomic mass is 10.0. The van der Waals surface area contributed by atoms with Crippen LogP contribution in [0.5, 0.6) is 0 Å². The number of rotatable bonds is 3. The van der Waals surface area contributed by atoms with E-state index in [1.165, 1.54) is 0 Å². The number of pyridine rings is 1. The number of carbonyl (C=O) groups is 2. The van der Waals surface area contributed by atoms with Crippen molar-refractivity contribution in [2.45, 2.75) is 13.3 Å². The summed E-state index contributed by atoms with van der Waals surface area (Å²) < 4.78 is 5.29. The van der Waals surface area contributed by atoms with E-state index in [0.717, 1.165) is 5.56 Å². The zero-order chi connectivity index (χ0) is 19.1. The Balaban J connectivity index is 1.80. The number of fused-ring (bicyclic) bond motifs is 1. The Bertz CT molecular complexity index is 1060. The summed E-state index contributed by atoms with van der Waals surface area (Å²) in [6.45, 7) is 2.33. The molecule has 1 saturated heterocycles. The topological polar surface area (TPSA) is 96.5 Å². The van der Waals surface area contributed by atoms with Crippen LogP contribution >= 0.6 is 11.6 Å². The van der Waals surface area contributed by atoms with Gasteiger partial charge in [0, 0.05) is 23.7 Å². The van der Waals surface area contributed by atoms with Crippen molar-refractivity contribution in [3.05, 3.63) is 46.6 Å². The molecule has 1 N–H and O–H groups in total. The largest absolute Gasteiger partial charge is 0.481 e. The van der Waals surface area contributed by atoms with Crippen LogP contribution in [0.4, 0.5) is 0 Å². The summed E-state index contributed by atoms with van der Waals surface area (Å²) >= 11 is 6.07. The zero-order valence-corrected chi connectivity index (χ0v) is 15.2. The number of amides is 1. The van der Waals surface area contributed by atoms with Gasteiger partial charge in [-0.1, -0.05) is 28.9 Å². The van der Waals surface area contributed by atoms with Gasteiger partial charge in [0.25, 0.3) is 11.6 Å². The fourth-order valence-corrected chi connectivity index (χ4v) is 3.57. The molecule has 1 aliphatic heterocycles. The summed E-state index contributed by atoms with van der Waals surface area (Å²) in [6.07, 6.45) is 0.444. The number of carboxylic acid groups (broad SMARTS) is 1. The van der Waals surface area contributed by atoms with Crippen molar-refractivity contribution < 1.29 is 19.2 Å². The molecule has 1 amide bonds. The minimum Gasteiger partial charge on any atom is -0.481 e. The van der Waals surface area contributed by atoms with Gasteiger partial charge in [-0.05, 0) is 31.5 Å². The molecule has 1 aromatic carbocycles. The maximum atomic E-state index is 13.1. The van der Waals surface area contributed by atoms with Crippen LogP contribution in [0, 0.1) is 12.8 Å². The van der Waals surface area contributed by atoms with Crippen molar-refractivity contribution in [1.29, 1.82) is 0 Å². The molecule has 138 valence electrons. The average Bonchev–Trinajstić information content (AvgIpc) is 3.28. The number of aromatic nitrogens is 2. The van der Waals surface area contributed by atoms with Crippen molar-refractivity contribution in [3.8, 4) is 11.3 Å². The Morgan fingerprint density at radius 3 is 2.85 bits per heavy atom. The number of aliphatic carboxylic acids is 1. The van der Waals surface area contributed by atoms with Crippen LogP contribution in [0.15, 0.2) is 34.9 Å². The van der Waals surface area contributed by atoms with E-state index in [-0.39, 0.29) is 18.2 Å². The molecule has 1 atom stereocenters. The molecule has 4 rings (SSSR count). The standard InChI is InChI=1S/C19H16ClN3O4/c1-10-16-14(18(24)23-6-5-12(9-23)19(25)26)8-15(21-17(16)27-22-10)11-3-2-4-13(20)7-11/h2-4,7-8,12H,5-6,9H2,1H3,(H,25,26)/t12-/m0/s1. The molecule has 0 spiro atoms. The minimum absolute atomic E-state index is 0.189. The summed E-state index contributed by atoms with van der Waals surface area (Å²) in [5, 5.41) is 14.2. The Labute approximate surface area is 159 Å². The van der Waals surface area contributed by atoms with E-state index in [2.05, 4.69) is 10.1 Å². The molecule has 27 heavy (non-hydrogen) atoms. The second-order valence-electron chi connectivity index (χ2n) is 6.59. The molecule has 3 heterocycles. The van der Waals surface area contributed by atoms with Gasteiger partial charge >= 0.3 is 5.97 Å². The van der Waals surface area contributed by atoms with Gasteiger partial charge in [0.1, 0.15) is 0 Å². The molecule has 1 aliphatic rings. The number of hydrogen-bond acceptors (Lipinski definition) is 5. The fourth-order valence-electron chi connectivity index (χ4n) is 3.38. The lowest BCUT2D eigenvalue weighted by Gasteiger charge is -2.17. The van der Waals surface area contributed by atoms with Crippen molar-refractivity contribution >= 4 is 34.6 Å². The molecule has 7 nitrogen and oxygen atoms in total. The quantitative estimate of drug-likeness (QED) is 0.742. The smallest absolute Gasteiger partial charge is 0.308 e. The van der Waals surface area contributed by atoms with E-state index in [9.17, 15) is 14.7 Å². The first kappa shape index (κ1) is 17.5. The highest BCUT2D eigenvalue weighted by molar-refractivity contribution is 6.30. The Morgan fingerprint density at radius 1 is 1.33 bits per heavy atom. The van der Waals surface area contributed by atoms with Crippen molar-refractivity contribution in [1.82, 2.24) is 15.0 Å². The second kappa shape index (κ2) is 6.66.